The molecule has 0 amide bonds. The van der Waals surface area contributed by atoms with Gasteiger partial charge in [0.2, 0.25) is 0 Å². The molecule has 1 aromatic carbocycles. The van der Waals surface area contributed by atoms with E-state index in [-0.39, 0.29) is 0 Å². The molecule has 3 rings (SSSR count). The van der Waals surface area contributed by atoms with Crippen LogP contribution in [-0.2, 0) is 6.42 Å². The van der Waals surface area contributed by atoms with E-state index in [0.717, 1.165) is 12.3 Å². The largest absolute Gasteiger partial charge is 0.370 e. The van der Waals surface area contributed by atoms with Crippen molar-refractivity contribution in [2.75, 3.05) is 24.5 Å². The fraction of sp³-hybridized carbons (Fsp3) is 0.684. The predicted octanol–water partition coefficient (Wildman–Crippen LogP) is 4.00. The van der Waals surface area contributed by atoms with Gasteiger partial charge in [-0.05, 0) is 55.8 Å². The van der Waals surface area contributed by atoms with Crippen LogP contribution in [0.4, 0.5) is 5.69 Å². The second-order valence-corrected chi connectivity index (χ2v) is 6.78. The zero-order valence-corrected chi connectivity index (χ0v) is 13.5. The summed E-state index contributed by atoms with van der Waals surface area (Å²) >= 11 is 0. The number of hydrogen-bond acceptors (Lipinski definition) is 2. The van der Waals surface area contributed by atoms with E-state index in [1.165, 1.54) is 69.4 Å². The van der Waals surface area contributed by atoms with Gasteiger partial charge >= 0.3 is 0 Å². The molecule has 21 heavy (non-hydrogen) atoms. The summed E-state index contributed by atoms with van der Waals surface area (Å²) in [6.45, 7) is 5.82. The number of nitrogens with one attached hydrogen (secondary N) is 1. The van der Waals surface area contributed by atoms with Gasteiger partial charge in [-0.2, -0.15) is 0 Å². The van der Waals surface area contributed by atoms with Crippen LogP contribution >= 0.6 is 0 Å². The number of benzene rings is 1. The van der Waals surface area contributed by atoms with E-state index in [1.807, 2.05) is 0 Å². The molecule has 2 fully saturated rings. The summed E-state index contributed by atoms with van der Waals surface area (Å²) < 4.78 is 0. The third-order valence-corrected chi connectivity index (χ3v) is 5.33. The van der Waals surface area contributed by atoms with Crippen LogP contribution in [-0.4, -0.2) is 25.7 Å². The molecule has 0 spiro atoms. The smallest absolute Gasteiger partial charge is 0.0369 e. The molecular weight excluding hydrogens is 256 g/mol. The maximum absolute atomic E-state index is 3.84. The van der Waals surface area contributed by atoms with Crippen LogP contribution in [0.25, 0.3) is 0 Å². The average molecular weight is 286 g/mol. The van der Waals surface area contributed by atoms with Crippen molar-refractivity contribution in [3.8, 4) is 0 Å². The fourth-order valence-electron chi connectivity index (χ4n) is 4.01. The molecule has 1 unspecified atom stereocenters. The van der Waals surface area contributed by atoms with Crippen LogP contribution in [0.1, 0.15) is 51.0 Å². The molecule has 2 aliphatic rings. The van der Waals surface area contributed by atoms with Gasteiger partial charge in [0.05, 0.1) is 0 Å². The van der Waals surface area contributed by atoms with Gasteiger partial charge in [-0.1, -0.05) is 38.3 Å². The number of aryl methyl sites for hydroxylation is 1. The Kier molecular flexibility index (Phi) is 5.18. The van der Waals surface area contributed by atoms with Crippen LogP contribution in [0.3, 0.4) is 0 Å². The summed E-state index contributed by atoms with van der Waals surface area (Å²) in [4.78, 5) is 2.62. The van der Waals surface area contributed by atoms with Crippen LogP contribution < -0.4 is 10.2 Å². The highest BCUT2D eigenvalue weighted by Crippen LogP contribution is 2.29. The van der Waals surface area contributed by atoms with Crippen molar-refractivity contribution in [2.45, 2.75) is 57.9 Å². The SMILES string of the molecule is CCc1cccc(N2CCCNC(C3CCCCC3)C2)c1. The summed E-state index contributed by atoms with van der Waals surface area (Å²) in [6, 6.07) is 9.85. The summed E-state index contributed by atoms with van der Waals surface area (Å²) in [5, 5.41) is 3.84. The van der Waals surface area contributed by atoms with Gasteiger partial charge in [-0.15, -0.1) is 0 Å². The molecule has 1 N–H and O–H groups in total. The molecule has 1 aliphatic carbocycles. The second kappa shape index (κ2) is 7.31. The van der Waals surface area contributed by atoms with Gasteiger partial charge in [-0.25, -0.2) is 0 Å². The predicted molar refractivity (Wildman–Crippen MR) is 91.0 cm³/mol. The number of anilines is 1. The average Bonchev–Trinajstić information content (AvgIpc) is 2.82. The molecule has 0 bridgehead atoms. The Labute approximate surface area is 129 Å². The van der Waals surface area contributed by atoms with Crippen molar-refractivity contribution in [3.63, 3.8) is 0 Å². The third kappa shape index (κ3) is 3.79. The van der Waals surface area contributed by atoms with Crippen LogP contribution in [0.15, 0.2) is 24.3 Å². The van der Waals surface area contributed by atoms with Crippen molar-refractivity contribution in [3.05, 3.63) is 29.8 Å². The van der Waals surface area contributed by atoms with Crippen molar-refractivity contribution < 1.29 is 0 Å². The number of hydrogen-bond donors (Lipinski definition) is 1. The zero-order chi connectivity index (χ0) is 14.5. The topological polar surface area (TPSA) is 15.3 Å². The second-order valence-electron chi connectivity index (χ2n) is 6.78. The normalized spacial score (nSPS) is 24.8. The highest BCUT2D eigenvalue weighted by molar-refractivity contribution is 5.49. The Morgan fingerprint density at radius 1 is 1.14 bits per heavy atom. The molecule has 2 heteroatoms. The van der Waals surface area contributed by atoms with Gasteiger partial charge in [-0.3, -0.25) is 0 Å². The van der Waals surface area contributed by atoms with E-state index < -0.39 is 0 Å². The van der Waals surface area contributed by atoms with Gasteiger partial charge in [0.1, 0.15) is 0 Å². The molecule has 0 radical (unpaired) electrons. The minimum atomic E-state index is 0.693. The molecule has 0 aromatic heterocycles. The summed E-state index contributed by atoms with van der Waals surface area (Å²) in [5.41, 5.74) is 2.89. The van der Waals surface area contributed by atoms with Crippen LogP contribution in [0.2, 0.25) is 0 Å². The van der Waals surface area contributed by atoms with E-state index in [4.69, 9.17) is 0 Å². The lowest BCUT2D eigenvalue weighted by atomic mass is 9.83. The van der Waals surface area contributed by atoms with E-state index in [9.17, 15) is 0 Å². The first-order chi connectivity index (χ1) is 10.4. The van der Waals surface area contributed by atoms with E-state index in [2.05, 4.69) is 41.4 Å². The van der Waals surface area contributed by atoms with Gasteiger partial charge in [0, 0.05) is 24.8 Å². The van der Waals surface area contributed by atoms with E-state index in [1.54, 1.807) is 0 Å². The minimum absolute atomic E-state index is 0.693. The first-order valence-corrected chi connectivity index (χ1v) is 8.94. The Hall–Kier alpha value is -1.02. The van der Waals surface area contributed by atoms with E-state index >= 15 is 0 Å². The first-order valence-electron chi connectivity index (χ1n) is 8.94. The summed E-state index contributed by atoms with van der Waals surface area (Å²) in [6.07, 6.45) is 9.58. The standard InChI is InChI=1S/C19H30N2/c1-2-16-8-6-11-18(14-16)21-13-7-12-20-19(15-21)17-9-4-3-5-10-17/h6,8,11,14,17,19-20H,2-5,7,9-10,12-13,15H2,1H3. The molecule has 1 heterocycles. The van der Waals surface area contributed by atoms with Gasteiger partial charge < -0.3 is 10.2 Å². The Morgan fingerprint density at radius 2 is 2.00 bits per heavy atom. The highest BCUT2D eigenvalue weighted by atomic mass is 15.2. The molecule has 2 nitrogen and oxygen atoms in total. The van der Waals surface area contributed by atoms with Crippen LogP contribution in [0.5, 0.6) is 0 Å². The van der Waals surface area contributed by atoms with Crippen molar-refractivity contribution >= 4 is 5.69 Å². The van der Waals surface area contributed by atoms with Crippen molar-refractivity contribution in [2.24, 2.45) is 5.92 Å². The maximum Gasteiger partial charge on any atom is 0.0369 e. The summed E-state index contributed by atoms with van der Waals surface area (Å²) in [5.74, 6) is 0.897. The molecule has 1 aliphatic heterocycles. The molecule has 1 saturated carbocycles. The summed E-state index contributed by atoms with van der Waals surface area (Å²) in [7, 11) is 0. The monoisotopic (exact) mass is 286 g/mol. The first kappa shape index (κ1) is 14.9. The van der Waals surface area contributed by atoms with Gasteiger partial charge in [0.25, 0.3) is 0 Å². The van der Waals surface area contributed by atoms with Gasteiger partial charge in [0.15, 0.2) is 0 Å². The quantitative estimate of drug-likeness (QED) is 0.903. The lowest BCUT2D eigenvalue weighted by molar-refractivity contribution is 0.277. The van der Waals surface area contributed by atoms with Crippen molar-refractivity contribution in [1.29, 1.82) is 0 Å². The third-order valence-electron chi connectivity index (χ3n) is 5.33. The molecule has 1 saturated heterocycles. The lowest BCUT2D eigenvalue weighted by Crippen LogP contribution is -2.43. The van der Waals surface area contributed by atoms with Crippen LogP contribution in [0, 0.1) is 5.92 Å². The molecule has 1 aromatic rings. The van der Waals surface area contributed by atoms with E-state index in [0.29, 0.717) is 6.04 Å². The zero-order valence-electron chi connectivity index (χ0n) is 13.5. The number of rotatable bonds is 3. The Balaban J connectivity index is 1.71. The minimum Gasteiger partial charge on any atom is -0.370 e. The van der Waals surface area contributed by atoms with Crippen molar-refractivity contribution in [1.82, 2.24) is 5.32 Å². The highest BCUT2D eigenvalue weighted by Gasteiger charge is 2.27. The fourth-order valence-corrected chi connectivity index (χ4v) is 4.01. The Bertz CT molecular complexity index is 437. The molecule has 1 atom stereocenters. The number of nitrogens with zero attached hydrogens (tertiary/aromatic N) is 1. The molecule has 116 valence electrons. The molecular formula is C19H30N2. The lowest BCUT2D eigenvalue weighted by Gasteiger charge is -2.33. The Morgan fingerprint density at radius 3 is 2.81 bits per heavy atom. The maximum atomic E-state index is 3.84.